The van der Waals surface area contributed by atoms with E-state index in [2.05, 4.69) is 19.9 Å². The second-order valence-electron chi connectivity index (χ2n) is 5.17. The number of nitrogens with one attached hydrogen (secondary N) is 1. The average Bonchev–Trinajstić information content (AvgIpc) is 2.85. The lowest BCUT2D eigenvalue weighted by Gasteiger charge is -2.21. The molecule has 1 aliphatic carbocycles. The van der Waals surface area contributed by atoms with Crippen LogP contribution in [0.2, 0.25) is 0 Å². The zero-order valence-electron chi connectivity index (χ0n) is 10.5. The highest BCUT2D eigenvalue weighted by atomic mass is 15.1. The fourth-order valence-corrected chi connectivity index (χ4v) is 2.91. The normalized spacial score (nSPS) is 17.3. The lowest BCUT2D eigenvalue weighted by molar-refractivity contribution is 0.338. The topological polar surface area (TPSA) is 80.5 Å². The standard InChI is InChI=1S/C13H19N5/c14-13-17-10(11-12(18-13)16-8-15-11)7-6-9-4-2-1-3-5-9/h8-9H,1-7H2,(H3,14,15,16,17,18). The first kappa shape index (κ1) is 11.4. The zero-order valence-corrected chi connectivity index (χ0v) is 10.5. The van der Waals surface area contributed by atoms with E-state index >= 15 is 0 Å². The predicted molar refractivity (Wildman–Crippen MR) is 71.0 cm³/mol. The van der Waals surface area contributed by atoms with Crippen molar-refractivity contribution in [2.75, 3.05) is 5.73 Å². The highest BCUT2D eigenvalue weighted by Gasteiger charge is 2.15. The lowest BCUT2D eigenvalue weighted by atomic mass is 9.86. The van der Waals surface area contributed by atoms with E-state index in [1.54, 1.807) is 6.33 Å². The quantitative estimate of drug-likeness (QED) is 0.870. The average molecular weight is 245 g/mol. The van der Waals surface area contributed by atoms with Crippen LogP contribution in [-0.4, -0.2) is 19.9 Å². The Balaban J connectivity index is 1.75. The molecule has 3 rings (SSSR count). The van der Waals surface area contributed by atoms with Crippen LogP contribution in [0.5, 0.6) is 0 Å². The van der Waals surface area contributed by atoms with Crippen molar-refractivity contribution in [1.82, 2.24) is 19.9 Å². The molecule has 0 amide bonds. The largest absolute Gasteiger partial charge is 0.368 e. The van der Waals surface area contributed by atoms with Gasteiger partial charge in [0.15, 0.2) is 5.65 Å². The Hall–Kier alpha value is -1.65. The number of aromatic nitrogens is 4. The Labute approximate surface area is 106 Å². The Morgan fingerprint density at radius 1 is 1.22 bits per heavy atom. The Morgan fingerprint density at radius 2 is 2.06 bits per heavy atom. The third kappa shape index (κ3) is 2.30. The summed E-state index contributed by atoms with van der Waals surface area (Å²) >= 11 is 0. The van der Waals surface area contributed by atoms with Crippen molar-refractivity contribution in [2.24, 2.45) is 5.92 Å². The van der Waals surface area contributed by atoms with Gasteiger partial charge in [-0.05, 0) is 18.8 Å². The van der Waals surface area contributed by atoms with Gasteiger partial charge in [-0.1, -0.05) is 32.1 Å². The van der Waals surface area contributed by atoms with Gasteiger partial charge in [0.2, 0.25) is 5.95 Å². The molecule has 5 nitrogen and oxygen atoms in total. The molecular weight excluding hydrogens is 226 g/mol. The van der Waals surface area contributed by atoms with Gasteiger partial charge in [-0.25, -0.2) is 9.97 Å². The fraction of sp³-hybridized carbons (Fsp3) is 0.615. The molecule has 1 fully saturated rings. The number of nitrogen functional groups attached to an aromatic ring is 1. The molecule has 5 heteroatoms. The van der Waals surface area contributed by atoms with Gasteiger partial charge in [0.1, 0.15) is 5.52 Å². The number of aryl methyl sites for hydroxylation is 1. The molecule has 0 unspecified atom stereocenters. The highest BCUT2D eigenvalue weighted by molar-refractivity contribution is 5.73. The third-order valence-corrected chi connectivity index (χ3v) is 3.89. The molecule has 18 heavy (non-hydrogen) atoms. The molecule has 0 bridgehead atoms. The molecule has 2 aromatic rings. The summed E-state index contributed by atoms with van der Waals surface area (Å²) in [6.07, 6.45) is 10.7. The van der Waals surface area contributed by atoms with Crippen molar-refractivity contribution < 1.29 is 0 Å². The van der Waals surface area contributed by atoms with Crippen LogP contribution in [0.1, 0.15) is 44.2 Å². The van der Waals surface area contributed by atoms with Crippen LogP contribution in [0.3, 0.4) is 0 Å². The summed E-state index contributed by atoms with van der Waals surface area (Å²) in [5.41, 5.74) is 8.36. The molecular formula is C13H19N5. The molecule has 0 aliphatic heterocycles. The first-order valence-corrected chi connectivity index (χ1v) is 6.78. The van der Waals surface area contributed by atoms with E-state index in [4.69, 9.17) is 5.73 Å². The minimum atomic E-state index is 0.327. The van der Waals surface area contributed by atoms with Crippen molar-refractivity contribution in [3.8, 4) is 0 Å². The smallest absolute Gasteiger partial charge is 0.222 e. The van der Waals surface area contributed by atoms with Crippen LogP contribution < -0.4 is 5.73 Å². The summed E-state index contributed by atoms with van der Waals surface area (Å²) in [4.78, 5) is 15.7. The second kappa shape index (κ2) is 4.92. The van der Waals surface area contributed by atoms with Gasteiger partial charge in [0.05, 0.1) is 12.0 Å². The van der Waals surface area contributed by atoms with Gasteiger partial charge in [0, 0.05) is 0 Å². The number of nitrogens with zero attached hydrogens (tertiary/aromatic N) is 3. The van der Waals surface area contributed by atoms with Crippen LogP contribution in [0, 0.1) is 5.92 Å². The van der Waals surface area contributed by atoms with E-state index in [1.165, 1.54) is 38.5 Å². The first-order chi connectivity index (χ1) is 8.83. The highest BCUT2D eigenvalue weighted by Crippen LogP contribution is 2.28. The monoisotopic (exact) mass is 245 g/mol. The number of H-pyrrole nitrogens is 1. The van der Waals surface area contributed by atoms with Crippen molar-refractivity contribution in [2.45, 2.75) is 44.9 Å². The number of imidazole rings is 1. The second-order valence-corrected chi connectivity index (χ2v) is 5.17. The van der Waals surface area contributed by atoms with Gasteiger partial charge in [0.25, 0.3) is 0 Å². The maximum atomic E-state index is 5.72. The minimum Gasteiger partial charge on any atom is -0.368 e. The van der Waals surface area contributed by atoms with Crippen LogP contribution >= 0.6 is 0 Å². The molecule has 1 aliphatic rings. The number of rotatable bonds is 3. The SMILES string of the molecule is Nc1nc(CCC2CCCCC2)c2[nH]cnc2n1. The van der Waals surface area contributed by atoms with Crippen molar-refractivity contribution in [3.63, 3.8) is 0 Å². The number of hydrogen-bond acceptors (Lipinski definition) is 4. The molecule has 0 aromatic carbocycles. The van der Waals surface area contributed by atoms with Crippen LogP contribution in [0.15, 0.2) is 6.33 Å². The zero-order chi connectivity index (χ0) is 12.4. The van der Waals surface area contributed by atoms with E-state index in [0.717, 1.165) is 23.5 Å². The predicted octanol–water partition coefficient (Wildman–Crippen LogP) is 2.45. The molecule has 2 aromatic heterocycles. The molecule has 0 spiro atoms. The third-order valence-electron chi connectivity index (χ3n) is 3.89. The summed E-state index contributed by atoms with van der Waals surface area (Å²) in [7, 11) is 0. The van der Waals surface area contributed by atoms with Crippen LogP contribution in [0.25, 0.3) is 11.2 Å². The summed E-state index contributed by atoms with van der Waals surface area (Å²) < 4.78 is 0. The van der Waals surface area contributed by atoms with Crippen molar-refractivity contribution >= 4 is 17.1 Å². The number of fused-ring (bicyclic) bond motifs is 1. The van der Waals surface area contributed by atoms with Crippen molar-refractivity contribution in [3.05, 3.63) is 12.0 Å². The number of nitrogens with two attached hydrogens (primary N) is 1. The fourth-order valence-electron chi connectivity index (χ4n) is 2.91. The molecule has 0 atom stereocenters. The number of hydrogen-bond donors (Lipinski definition) is 2. The molecule has 96 valence electrons. The van der Waals surface area contributed by atoms with Gasteiger partial charge in [-0.3, -0.25) is 0 Å². The summed E-state index contributed by atoms with van der Waals surface area (Å²) in [6.45, 7) is 0. The Kier molecular flexibility index (Phi) is 3.13. The molecule has 0 radical (unpaired) electrons. The van der Waals surface area contributed by atoms with Gasteiger partial charge in [-0.15, -0.1) is 0 Å². The van der Waals surface area contributed by atoms with E-state index in [9.17, 15) is 0 Å². The van der Waals surface area contributed by atoms with Gasteiger partial charge in [-0.2, -0.15) is 4.98 Å². The molecule has 3 N–H and O–H groups in total. The van der Waals surface area contributed by atoms with Crippen LogP contribution in [-0.2, 0) is 6.42 Å². The van der Waals surface area contributed by atoms with Crippen LogP contribution in [0.4, 0.5) is 5.95 Å². The van der Waals surface area contributed by atoms with Gasteiger partial charge >= 0.3 is 0 Å². The lowest BCUT2D eigenvalue weighted by Crippen LogP contribution is -2.09. The Morgan fingerprint density at radius 3 is 2.89 bits per heavy atom. The molecule has 2 heterocycles. The summed E-state index contributed by atoms with van der Waals surface area (Å²) in [6, 6.07) is 0. The molecule has 1 saturated carbocycles. The maximum absolute atomic E-state index is 5.72. The van der Waals surface area contributed by atoms with E-state index in [1.807, 2.05) is 0 Å². The first-order valence-electron chi connectivity index (χ1n) is 6.78. The maximum Gasteiger partial charge on any atom is 0.222 e. The van der Waals surface area contributed by atoms with E-state index < -0.39 is 0 Å². The van der Waals surface area contributed by atoms with Gasteiger partial charge < -0.3 is 10.7 Å². The molecule has 0 saturated heterocycles. The summed E-state index contributed by atoms with van der Waals surface area (Å²) in [5.74, 6) is 1.18. The Bertz CT molecular complexity index is 527. The van der Waals surface area contributed by atoms with Crippen molar-refractivity contribution in [1.29, 1.82) is 0 Å². The number of anilines is 1. The van der Waals surface area contributed by atoms with E-state index in [-0.39, 0.29) is 0 Å². The summed E-state index contributed by atoms with van der Waals surface area (Å²) in [5, 5.41) is 0. The number of aromatic amines is 1. The minimum absolute atomic E-state index is 0.327. The van der Waals surface area contributed by atoms with E-state index in [0.29, 0.717) is 11.6 Å².